The molecule has 0 unspecified atom stereocenters. The molecule has 0 saturated carbocycles. The average molecular weight is 347 g/mol. The normalized spacial score (nSPS) is 15.0. The highest BCUT2D eigenvalue weighted by Gasteiger charge is 2.14. The second-order valence-corrected chi connectivity index (χ2v) is 6.20. The first-order valence-corrected chi connectivity index (χ1v) is 8.14. The van der Waals surface area contributed by atoms with Gasteiger partial charge >= 0.3 is 0 Å². The highest BCUT2D eigenvalue weighted by molar-refractivity contribution is 9.10. The summed E-state index contributed by atoms with van der Waals surface area (Å²) in [6.45, 7) is 4.19. The Bertz CT molecular complexity index is 623. The second kappa shape index (κ2) is 6.43. The van der Waals surface area contributed by atoms with E-state index in [1.54, 1.807) is 0 Å². The summed E-state index contributed by atoms with van der Waals surface area (Å²) in [4.78, 5) is 11.5. The zero-order chi connectivity index (χ0) is 14.7. The van der Waals surface area contributed by atoms with Crippen LogP contribution in [0.1, 0.15) is 25.0 Å². The highest BCUT2D eigenvalue weighted by atomic mass is 79.9. The fourth-order valence-corrected chi connectivity index (χ4v) is 2.96. The van der Waals surface area contributed by atoms with Crippen LogP contribution in [0.5, 0.6) is 0 Å². The summed E-state index contributed by atoms with van der Waals surface area (Å²) in [5.74, 6) is 1.68. The molecule has 0 spiro atoms. The number of nitrogens with zero attached hydrogens (tertiary/aromatic N) is 3. The van der Waals surface area contributed by atoms with Crippen molar-refractivity contribution in [3.63, 3.8) is 0 Å². The lowest BCUT2D eigenvalue weighted by atomic mass is 10.1. The molecule has 1 fully saturated rings. The lowest BCUT2D eigenvalue weighted by molar-refractivity contribution is 0.573. The maximum Gasteiger partial charge on any atom is 0.229 e. The van der Waals surface area contributed by atoms with E-state index in [9.17, 15) is 0 Å². The van der Waals surface area contributed by atoms with Crippen LogP contribution in [0.3, 0.4) is 0 Å². The van der Waals surface area contributed by atoms with E-state index in [2.05, 4.69) is 42.2 Å². The first kappa shape index (κ1) is 14.3. The Morgan fingerprint density at radius 2 is 1.86 bits per heavy atom. The topological polar surface area (TPSA) is 41.1 Å². The summed E-state index contributed by atoms with van der Waals surface area (Å²) in [6, 6.07) is 10.1. The van der Waals surface area contributed by atoms with Crippen molar-refractivity contribution >= 4 is 33.4 Å². The zero-order valence-electron chi connectivity index (χ0n) is 12.1. The Labute approximate surface area is 133 Å². The molecule has 3 rings (SSSR count). The van der Waals surface area contributed by atoms with Gasteiger partial charge in [0.05, 0.1) is 5.69 Å². The number of halogens is 1. The number of rotatable bonds is 3. The van der Waals surface area contributed by atoms with Crippen molar-refractivity contribution < 1.29 is 0 Å². The SMILES string of the molecule is Cc1cc(N2CCCCC2)nc(Nc2ccccc2Br)n1. The average Bonchev–Trinajstić information content (AvgIpc) is 2.50. The highest BCUT2D eigenvalue weighted by Crippen LogP contribution is 2.25. The molecule has 0 bridgehead atoms. The minimum Gasteiger partial charge on any atom is -0.356 e. The number of hydrogen-bond donors (Lipinski definition) is 1. The first-order chi connectivity index (χ1) is 10.2. The van der Waals surface area contributed by atoms with Crippen LogP contribution in [-0.2, 0) is 0 Å². The predicted octanol–water partition coefficient (Wildman–Crippen LogP) is 4.28. The fraction of sp³-hybridized carbons (Fsp3) is 0.375. The van der Waals surface area contributed by atoms with Crippen LogP contribution < -0.4 is 10.2 Å². The number of aromatic nitrogens is 2. The lowest BCUT2D eigenvalue weighted by Crippen LogP contribution is -2.30. The van der Waals surface area contributed by atoms with Crippen LogP contribution in [0.4, 0.5) is 17.5 Å². The largest absolute Gasteiger partial charge is 0.356 e. The number of hydrogen-bond acceptors (Lipinski definition) is 4. The van der Waals surface area contributed by atoms with E-state index in [0.717, 1.165) is 34.8 Å². The molecule has 1 N–H and O–H groups in total. The minimum atomic E-state index is 0.655. The van der Waals surface area contributed by atoms with Crippen LogP contribution in [0, 0.1) is 6.92 Å². The summed E-state index contributed by atoms with van der Waals surface area (Å²) >= 11 is 3.54. The van der Waals surface area contributed by atoms with Gasteiger partial charge in [0, 0.05) is 29.3 Å². The van der Waals surface area contributed by atoms with Gasteiger partial charge in [-0.2, -0.15) is 4.98 Å². The van der Waals surface area contributed by atoms with Gasteiger partial charge in [-0.25, -0.2) is 4.98 Å². The lowest BCUT2D eigenvalue weighted by Gasteiger charge is -2.28. The maximum atomic E-state index is 4.68. The zero-order valence-corrected chi connectivity index (χ0v) is 13.7. The van der Waals surface area contributed by atoms with Gasteiger partial charge in [0.25, 0.3) is 0 Å². The summed E-state index contributed by atoms with van der Waals surface area (Å²) in [6.07, 6.45) is 3.81. The molecule has 1 aromatic heterocycles. The molecule has 4 nitrogen and oxygen atoms in total. The molecule has 0 atom stereocenters. The third kappa shape index (κ3) is 3.53. The molecule has 2 aromatic rings. The van der Waals surface area contributed by atoms with E-state index < -0.39 is 0 Å². The molecule has 0 aliphatic carbocycles. The van der Waals surface area contributed by atoms with Gasteiger partial charge in [0.1, 0.15) is 5.82 Å². The molecule has 110 valence electrons. The van der Waals surface area contributed by atoms with Crippen molar-refractivity contribution in [2.24, 2.45) is 0 Å². The van der Waals surface area contributed by atoms with E-state index in [-0.39, 0.29) is 0 Å². The van der Waals surface area contributed by atoms with Crippen LogP contribution >= 0.6 is 15.9 Å². The Balaban J connectivity index is 1.85. The molecule has 1 aliphatic heterocycles. The number of benzene rings is 1. The van der Waals surface area contributed by atoms with Crippen LogP contribution in [-0.4, -0.2) is 23.1 Å². The quantitative estimate of drug-likeness (QED) is 0.900. The number of para-hydroxylation sites is 1. The number of nitrogens with one attached hydrogen (secondary N) is 1. The fourth-order valence-electron chi connectivity index (χ4n) is 2.58. The standard InChI is InChI=1S/C16H19BrN4/c1-12-11-15(21-9-5-2-6-10-21)20-16(18-12)19-14-8-4-3-7-13(14)17/h3-4,7-8,11H,2,5-6,9-10H2,1H3,(H,18,19,20). The van der Waals surface area contributed by atoms with Crippen LogP contribution in [0.2, 0.25) is 0 Å². The van der Waals surface area contributed by atoms with Gasteiger partial charge in [-0.05, 0) is 54.2 Å². The molecule has 1 aromatic carbocycles. The summed E-state index contributed by atoms with van der Waals surface area (Å²) in [5.41, 5.74) is 1.97. The molecule has 0 radical (unpaired) electrons. The first-order valence-electron chi connectivity index (χ1n) is 7.34. The maximum absolute atomic E-state index is 4.68. The Morgan fingerprint density at radius 3 is 2.62 bits per heavy atom. The molecule has 2 heterocycles. The predicted molar refractivity (Wildman–Crippen MR) is 90.3 cm³/mol. The molecular formula is C16H19BrN4. The summed E-state index contributed by atoms with van der Waals surface area (Å²) < 4.78 is 1.01. The van der Waals surface area contributed by atoms with Gasteiger partial charge in [-0.3, -0.25) is 0 Å². The van der Waals surface area contributed by atoms with E-state index in [4.69, 9.17) is 0 Å². The number of aryl methyl sites for hydroxylation is 1. The van der Waals surface area contributed by atoms with Gasteiger partial charge in [-0.15, -0.1) is 0 Å². The molecule has 21 heavy (non-hydrogen) atoms. The van der Waals surface area contributed by atoms with Gasteiger partial charge in [-0.1, -0.05) is 12.1 Å². The van der Waals surface area contributed by atoms with Crippen molar-refractivity contribution in [3.05, 3.63) is 40.5 Å². The Kier molecular flexibility index (Phi) is 4.39. The van der Waals surface area contributed by atoms with Gasteiger partial charge in [0.2, 0.25) is 5.95 Å². The van der Waals surface area contributed by atoms with Crippen molar-refractivity contribution in [1.29, 1.82) is 0 Å². The summed E-state index contributed by atoms with van der Waals surface area (Å²) in [5, 5.41) is 3.30. The number of anilines is 3. The molecular weight excluding hydrogens is 328 g/mol. The second-order valence-electron chi connectivity index (χ2n) is 5.34. The molecule has 0 amide bonds. The molecule has 1 saturated heterocycles. The Morgan fingerprint density at radius 1 is 1.10 bits per heavy atom. The minimum absolute atomic E-state index is 0.655. The third-order valence-corrected chi connectivity index (χ3v) is 4.33. The van der Waals surface area contributed by atoms with Crippen LogP contribution in [0.25, 0.3) is 0 Å². The number of piperidine rings is 1. The van der Waals surface area contributed by atoms with Crippen molar-refractivity contribution in [3.8, 4) is 0 Å². The van der Waals surface area contributed by atoms with E-state index in [0.29, 0.717) is 5.95 Å². The monoisotopic (exact) mass is 346 g/mol. The smallest absolute Gasteiger partial charge is 0.229 e. The third-order valence-electron chi connectivity index (χ3n) is 3.64. The van der Waals surface area contributed by atoms with Crippen molar-refractivity contribution in [2.45, 2.75) is 26.2 Å². The van der Waals surface area contributed by atoms with Crippen LogP contribution in [0.15, 0.2) is 34.8 Å². The van der Waals surface area contributed by atoms with Crippen molar-refractivity contribution in [2.75, 3.05) is 23.3 Å². The van der Waals surface area contributed by atoms with Gasteiger partial charge < -0.3 is 10.2 Å². The molecule has 5 heteroatoms. The summed E-state index contributed by atoms with van der Waals surface area (Å²) in [7, 11) is 0. The van der Waals surface area contributed by atoms with E-state index in [1.807, 2.05) is 31.2 Å². The van der Waals surface area contributed by atoms with Gasteiger partial charge in [0.15, 0.2) is 0 Å². The Hall–Kier alpha value is -1.62. The van der Waals surface area contributed by atoms with E-state index in [1.165, 1.54) is 19.3 Å². The van der Waals surface area contributed by atoms with Crippen molar-refractivity contribution in [1.82, 2.24) is 9.97 Å². The molecule has 1 aliphatic rings. The van der Waals surface area contributed by atoms with E-state index >= 15 is 0 Å².